The van der Waals surface area contributed by atoms with Gasteiger partial charge in [0.25, 0.3) is 5.24 Å². The lowest BCUT2D eigenvalue weighted by Gasteiger charge is -2.14. The third kappa shape index (κ3) is 5.85. The van der Waals surface area contributed by atoms with Crippen molar-refractivity contribution < 1.29 is 19.1 Å². The van der Waals surface area contributed by atoms with Gasteiger partial charge in [-0.1, -0.05) is 37.7 Å². The van der Waals surface area contributed by atoms with Crippen LogP contribution in [-0.4, -0.2) is 41.4 Å². The molecule has 0 aromatic heterocycles. The molecule has 0 N–H and O–H groups in total. The van der Waals surface area contributed by atoms with Gasteiger partial charge in [0.2, 0.25) is 0 Å². The zero-order valence-corrected chi connectivity index (χ0v) is 16.7. The Morgan fingerprint density at radius 3 is 2.65 bits per heavy atom. The summed E-state index contributed by atoms with van der Waals surface area (Å²) < 4.78 is 10.3. The Morgan fingerprint density at radius 2 is 2.00 bits per heavy atom. The number of thioether (sulfide) groups is 1. The van der Waals surface area contributed by atoms with Crippen LogP contribution in [0.2, 0.25) is 0 Å². The number of hydrogen-bond acceptors (Lipinski definition) is 6. The van der Waals surface area contributed by atoms with Crippen molar-refractivity contribution in [2.75, 3.05) is 20.3 Å². The molecule has 0 radical (unpaired) electrons. The number of amides is 1. The maximum atomic E-state index is 12.2. The first kappa shape index (κ1) is 20.5. The highest BCUT2D eigenvalue weighted by molar-refractivity contribution is 8.19. The molecule has 1 aromatic rings. The van der Waals surface area contributed by atoms with Gasteiger partial charge in [-0.2, -0.15) is 0 Å². The summed E-state index contributed by atoms with van der Waals surface area (Å²) in [5, 5.41) is -0.103. The Labute approximate surface area is 163 Å². The van der Waals surface area contributed by atoms with Crippen molar-refractivity contribution >= 4 is 46.3 Å². The van der Waals surface area contributed by atoms with Crippen LogP contribution >= 0.6 is 24.0 Å². The van der Waals surface area contributed by atoms with Gasteiger partial charge in [-0.15, -0.1) is 0 Å². The van der Waals surface area contributed by atoms with Gasteiger partial charge in [-0.05, 0) is 48.4 Å². The summed E-state index contributed by atoms with van der Waals surface area (Å²) in [6.45, 7) is 2.93. The van der Waals surface area contributed by atoms with Gasteiger partial charge in [0, 0.05) is 13.0 Å². The Kier molecular flexibility index (Phi) is 8.12. The van der Waals surface area contributed by atoms with Crippen LogP contribution in [0.25, 0.3) is 6.08 Å². The normalized spacial score (nSPS) is 15.6. The van der Waals surface area contributed by atoms with Gasteiger partial charge >= 0.3 is 5.97 Å². The molecule has 1 aromatic carbocycles. The second-order valence-corrected chi connectivity index (χ2v) is 7.16. The second-order valence-electron chi connectivity index (χ2n) is 5.78. The lowest BCUT2D eigenvalue weighted by atomic mass is 10.2. The number of hydrogen-bond donors (Lipinski definition) is 0. The Morgan fingerprint density at radius 1 is 1.27 bits per heavy atom. The lowest BCUT2D eigenvalue weighted by Crippen LogP contribution is -2.28. The van der Waals surface area contributed by atoms with Gasteiger partial charge in [0.05, 0.1) is 18.6 Å². The third-order valence-electron chi connectivity index (χ3n) is 3.81. The van der Waals surface area contributed by atoms with Crippen LogP contribution < -0.4 is 4.74 Å². The summed E-state index contributed by atoms with van der Waals surface area (Å²) in [6.07, 6.45) is 4.58. The third-order valence-corrected chi connectivity index (χ3v) is 5.31. The molecule has 26 heavy (non-hydrogen) atoms. The molecule has 7 heteroatoms. The fraction of sp³-hybridized carbons (Fsp3) is 0.421. The average Bonchev–Trinajstić information content (AvgIpc) is 2.90. The molecule has 1 saturated heterocycles. The maximum Gasteiger partial charge on any atom is 0.305 e. The van der Waals surface area contributed by atoms with Gasteiger partial charge < -0.3 is 9.47 Å². The van der Waals surface area contributed by atoms with E-state index in [-0.39, 0.29) is 17.6 Å². The number of nitrogens with zero attached hydrogens (tertiary/aromatic N) is 1. The number of thiocarbonyl (C=S) groups is 1. The summed E-state index contributed by atoms with van der Waals surface area (Å²) in [6, 6.07) is 7.54. The molecular weight excluding hydrogens is 370 g/mol. The van der Waals surface area contributed by atoms with Crippen molar-refractivity contribution in [1.82, 2.24) is 4.90 Å². The first-order chi connectivity index (χ1) is 12.5. The predicted molar refractivity (Wildman–Crippen MR) is 108 cm³/mol. The van der Waals surface area contributed by atoms with Gasteiger partial charge in [-0.3, -0.25) is 14.5 Å². The molecule has 2 rings (SSSR count). The molecule has 0 saturated carbocycles. The van der Waals surface area contributed by atoms with Crippen LogP contribution in [0, 0.1) is 0 Å². The van der Waals surface area contributed by atoms with E-state index in [1.54, 1.807) is 12.0 Å². The molecule has 1 heterocycles. The molecule has 140 valence electrons. The fourth-order valence-electron chi connectivity index (χ4n) is 2.33. The van der Waals surface area contributed by atoms with E-state index in [1.165, 1.54) is 0 Å². The number of carbonyl (C=O) groups excluding carboxylic acids is 2. The number of methoxy groups -OCH3 is 1. The van der Waals surface area contributed by atoms with E-state index in [4.69, 9.17) is 21.7 Å². The zero-order chi connectivity index (χ0) is 18.9. The Balaban J connectivity index is 1.87. The highest BCUT2D eigenvalue weighted by Gasteiger charge is 2.31. The molecule has 1 aliphatic rings. The minimum atomic E-state index is -0.224. The minimum Gasteiger partial charge on any atom is -0.497 e. The summed E-state index contributed by atoms with van der Waals surface area (Å²) in [5.41, 5.74) is 0.949. The van der Waals surface area contributed by atoms with Crippen LogP contribution in [-0.2, 0) is 9.53 Å². The highest BCUT2D eigenvalue weighted by atomic mass is 32.2. The van der Waals surface area contributed by atoms with Crippen LogP contribution in [0.4, 0.5) is 4.79 Å². The van der Waals surface area contributed by atoms with Crippen molar-refractivity contribution in [2.45, 2.75) is 32.6 Å². The van der Waals surface area contributed by atoms with E-state index in [1.807, 2.05) is 37.3 Å². The molecule has 1 fully saturated rings. The molecular formula is C19H23NO4S2. The quantitative estimate of drug-likeness (QED) is 0.263. The Bertz CT molecular complexity index is 685. The van der Waals surface area contributed by atoms with Crippen LogP contribution in [0.1, 0.15) is 38.2 Å². The smallest absolute Gasteiger partial charge is 0.305 e. The van der Waals surface area contributed by atoms with Gasteiger partial charge in [0.1, 0.15) is 10.7 Å². The SMILES string of the molecule is CCCCOC(=O)CCCN1C(=O)S/C(=C/c2ccc(OC)cc2)C1=S. The topological polar surface area (TPSA) is 55.8 Å². The lowest BCUT2D eigenvalue weighted by molar-refractivity contribution is -0.143. The fourth-order valence-corrected chi connectivity index (χ4v) is 3.62. The van der Waals surface area contributed by atoms with Gasteiger partial charge in [0.15, 0.2) is 0 Å². The summed E-state index contributed by atoms with van der Waals surface area (Å²) in [4.78, 5) is 26.6. The molecule has 1 aliphatic heterocycles. The van der Waals surface area contributed by atoms with Gasteiger partial charge in [-0.25, -0.2) is 0 Å². The number of unbranched alkanes of at least 4 members (excludes halogenated alkanes) is 1. The summed E-state index contributed by atoms with van der Waals surface area (Å²) in [7, 11) is 1.62. The number of benzene rings is 1. The standard InChI is InChI=1S/C19H23NO4S2/c1-3-4-12-24-17(21)6-5-11-20-18(25)16(26-19(20)22)13-14-7-9-15(23-2)10-8-14/h7-10,13H,3-6,11-12H2,1-2H3/b16-13+. The van der Waals surface area contributed by atoms with Crippen molar-refractivity contribution in [3.63, 3.8) is 0 Å². The van der Waals surface area contributed by atoms with E-state index in [0.29, 0.717) is 24.6 Å². The van der Waals surface area contributed by atoms with E-state index in [9.17, 15) is 9.59 Å². The number of rotatable bonds is 9. The summed E-state index contributed by atoms with van der Waals surface area (Å²) >= 11 is 6.55. The largest absolute Gasteiger partial charge is 0.497 e. The van der Waals surface area contributed by atoms with Crippen molar-refractivity contribution in [1.29, 1.82) is 0 Å². The van der Waals surface area contributed by atoms with E-state index >= 15 is 0 Å². The van der Waals surface area contributed by atoms with Crippen LogP contribution in [0.5, 0.6) is 5.75 Å². The van der Waals surface area contributed by atoms with E-state index < -0.39 is 0 Å². The summed E-state index contributed by atoms with van der Waals surface area (Å²) in [5.74, 6) is 0.551. The molecule has 5 nitrogen and oxygen atoms in total. The first-order valence-electron chi connectivity index (χ1n) is 8.60. The maximum absolute atomic E-state index is 12.2. The predicted octanol–water partition coefficient (Wildman–Crippen LogP) is 4.66. The Hall–Kier alpha value is -1.86. The molecule has 1 amide bonds. The molecule has 0 spiro atoms. The molecule has 0 bridgehead atoms. The minimum absolute atomic E-state index is 0.103. The average molecular weight is 394 g/mol. The van der Waals surface area contributed by atoms with E-state index in [2.05, 4.69) is 0 Å². The van der Waals surface area contributed by atoms with Crippen molar-refractivity contribution in [3.05, 3.63) is 34.7 Å². The van der Waals surface area contributed by atoms with Crippen molar-refractivity contribution in [2.24, 2.45) is 0 Å². The van der Waals surface area contributed by atoms with Crippen LogP contribution in [0.15, 0.2) is 29.2 Å². The second kappa shape index (κ2) is 10.3. The zero-order valence-electron chi connectivity index (χ0n) is 15.0. The van der Waals surface area contributed by atoms with Crippen molar-refractivity contribution in [3.8, 4) is 5.75 Å². The number of carbonyl (C=O) groups is 2. The van der Waals surface area contributed by atoms with Crippen LogP contribution in [0.3, 0.4) is 0 Å². The molecule has 0 aliphatic carbocycles. The molecule has 0 atom stereocenters. The highest BCUT2D eigenvalue weighted by Crippen LogP contribution is 2.33. The molecule has 0 unspecified atom stereocenters. The number of ether oxygens (including phenoxy) is 2. The van der Waals surface area contributed by atoms with E-state index in [0.717, 1.165) is 40.8 Å². The first-order valence-corrected chi connectivity index (χ1v) is 9.82. The monoisotopic (exact) mass is 393 g/mol. The number of esters is 1.